The van der Waals surface area contributed by atoms with E-state index in [1.807, 2.05) is 35.2 Å². The van der Waals surface area contributed by atoms with E-state index in [4.69, 9.17) is 16.0 Å². The Morgan fingerprint density at radius 3 is 2.60 bits per heavy atom. The molecule has 1 aliphatic carbocycles. The predicted octanol–water partition coefficient (Wildman–Crippen LogP) is 6.50. The molecule has 0 bridgehead atoms. The number of nitrogens with one attached hydrogen (secondary N) is 2. The van der Waals surface area contributed by atoms with E-state index in [-0.39, 0.29) is 23.1 Å². The monoisotopic (exact) mass is 663 g/mol. The molecule has 2 N–H and O–H groups in total. The number of benzene rings is 3. The smallest absolute Gasteiger partial charge is 0.287 e. The lowest BCUT2D eigenvalue weighted by molar-refractivity contribution is -0.128. The van der Waals surface area contributed by atoms with Crippen LogP contribution in [0, 0.1) is 0 Å². The van der Waals surface area contributed by atoms with Crippen molar-refractivity contribution < 1.29 is 14.0 Å². The van der Waals surface area contributed by atoms with Gasteiger partial charge in [-0.15, -0.1) is 0 Å². The number of hydrogen-bond donors (Lipinski definition) is 2. The van der Waals surface area contributed by atoms with Gasteiger partial charge in [0.1, 0.15) is 18.6 Å². The quantitative estimate of drug-likeness (QED) is 0.198. The third kappa shape index (κ3) is 7.22. The third-order valence-electron chi connectivity index (χ3n) is 9.52. The van der Waals surface area contributed by atoms with E-state index in [0.29, 0.717) is 48.0 Å². The molecule has 3 aliphatic rings. The van der Waals surface area contributed by atoms with E-state index in [1.54, 1.807) is 23.5 Å². The standard InChI is InChI=1S/C38H38ClN5O4/c39-29-13-9-26(10-14-29)19-30(42-38(47)36-21-34(45)33-20-31(15-16-35(33)48-36)44-24-40-23-41-44)18-25-7-11-27(12-8-25)32-5-2-1-4-28(32)22-43-17-3-6-37(43)46/h1-2,4-5,9-10,13-16,18,20-21,24,27,30,41H,3,6-8,11-12,17,19,22-23H2,(H,42,47)/t27?,30-/m1/s1. The van der Waals surface area contributed by atoms with E-state index in [2.05, 4.69) is 46.1 Å². The Balaban J connectivity index is 1.08. The fourth-order valence-corrected chi connectivity index (χ4v) is 7.14. The van der Waals surface area contributed by atoms with Gasteiger partial charge in [0.2, 0.25) is 5.91 Å². The van der Waals surface area contributed by atoms with Crippen LogP contribution in [0.2, 0.25) is 5.02 Å². The van der Waals surface area contributed by atoms with Gasteiger partial charge in [-0.3, -0.25) is 24.4 Å². The van der Waals surface area contributed by atoms with Gasteiger partial charge >= 0.3 is 0 Å². The highest BCUT2D eigenvalue weighted by atomic mass is 35.5. The van der Waals surface area contributed by atoms with Crippen LogP contribution in [-0.2, 0) is 17.8 Å². The number of rotatable bonds is 9. The van der Waals surface area contributed by atoms with Crippen LogP contribution < -0.4 is 21.2 Å². The van der Waals surface area contributed by atoms with Crippen molar-refractivity contribution in [2.24, 2.45) is 4.99 Å². The summed E-state index contributed by atoms with van der Waals surface area (Å²) in [7, 11) is 0. The van der Waals surface area contributed by atoms with Crippen LogP contribution >= 0.6 is 11.6 Å². The fourth-order valence-electron chi connectivity index (χ4n) is 7.01. The molecule has 48 heavy (non-hydrogen) atoms. The lowest BCUT2D eigenvalue weighted by Crippen LogP contribution is -2.36. The van der Waals surface area contributed by atoms with Crippen LogP contribution in [0.4, 0.5) is 5.69 Å². The second-order valence-electron chi connectivity index (χ2n) is 12.8. The topological polar surface area (TPSA) is 107 Å². The van der Waals surface area contributed by atoms with Crippen LogP contribution in [0.1, 0.15) is 71.7 Å². The molecule has 0 unspecified atom stereocenters. The zero-order valence-corrected chi connectivity index (χ0v) is 27.4. The second kappa shape index (κ2) is 14.2. The summed E-state index contributed by atoms with van der Waals surface area (Å²) in [6.45, 7) is 1.98. The van der Waals surface area contributed by atoms with E-state index in [0.717, 1.165) is 49.9 Å². The highest BCUT2D eigenvalue weighted by Crippen LogP contribution is 2.38. The lowest BCUT2D eigenvalue weighted by atomic mass is 9.79. The molecule has 0 radical (unpaired) electrons. The van der Waals surface area contributed by atoms with Gasteiger partial charge in [-0.25, -0.2) is 5.43 Å². The SMILES string of the molecule is O=C(N[C@H](C=C1CCC(c2ccccc2CN2CCCC2=O)CC1)Cc1ccc(Cl)cc1)c1cc(=O)c2cc(N3C=NCN3)ccc2o1. The normalized spacial score (nSPS) is 18.5. The van der Waals surface area contributed by atoms with Crippen molar-refractivity contribution in [1.29, 1.82) is 0 Å². The summed E-state index contributed by atoms with van der Waals surface area (Å²) in [5.74, 6) is 0.190. The Kier molecular flexibility index (Phi) is 9.40. The first-order valence-corrected chi connectivity index (χ1v) is 17.0. The van der Waals surface area contributed by atoms with Gasteiger partial charge < -0.3 is 14.6 Å². The summed E-state index contributed by atoms with van der Waals surface area (Å²) in [6, 6.07) is 22.3. The number of anilines is 1. The van der Waals surface area contributed by atoms with Crippen molar-refractivity contribution in [1.82, 2.24) is 15.6 Å². The zero-order valence-electron chi connectivity index (χ0n) is 26.7. The molecular weight excluding hydrogens is 626 g/mol. The van der Waals surface area contributed by atoms with Crippen molar-refractivity contribution in [2.75, 3.05) is 18.2 Å². The van der Waals surface area contributed by atoms with Gasteiger partial charge in [0.15, 0.2) is 11.2 Å². The Morgan fingerprint density at radius 1 is 1.04 bits per heavy atom. The lowest BCUT2D eigenvalue weighted by Gasteiger charge is -2.28. The van der Waals surface area contributed by atoms with Gasteiger partial charge in [-0.2, -0.15) is 0 Å². The highest BCUT2D eigenvalue weighted by Gasteiger charge is 2.26. The van der Waals surface area contributed by atoms with Crippen molar-refractivity contribution in [3.8, 4) is 0 Å². The first kappa shape index (κ1) is 31.8. The number of hydrazine groups is 1. The summed E-state index contributed by atoms with van der Waals surface area (Å²) in [5.41, 5.74) is 8.79. The van der Waals surface area contributed by atoms with Gasteiger partial charge in [0.25, 0.3) is 5.91 Å². The van der Waals surface area contributed by atoms with Gasteiger partial charge in [-0.1, -0.05) is 59.6 Å². The molecule has 10 heteroatoms. The minimum absolute atomic E-state index is 0.0302. The van der Waals surface area contributed by atoms with E-state index in [9.17, 15) is 14.4 Å². The Morgan fingerprint density at radius 2 is 1.85 bits per heavy atom. The molecule has 0 spiro atoms. The van der Waals surface area contributed by atoms with E-state index < -0.39 is 5.91 Å². The number of amides is 2. The molecule has 3 heterocycles. The summed E-state index contributed by atoms with van der Waals surface area (Å²) in [5, 5.41) is 5.91. The van der Waals surface area contributed by atoms with Crippen molar-refractivity contribution in [3.05, 3.63) is 122 Å². The number of aliphatic imine (C=N–C) groups is 1. The second-order valence-corrected chi connectivity index (χ2v) is 13.2. The number of halogens is 1. The zero-order chi connectivity index (χ0) is 33.0. The van der Waals surface area contributed by atoms with E-state index >= 15 is 0 Å². The van der Waals surface area contributed by atoms with Crippen molar-refractivity contribution in [2.45, 2.75) is 63.5 Å². The minimum atomic E-state index is -0.443. The highest BCUT2D eigenvalue weighted by molar-refractivity contribution is 6.30. The molecule has 2 fully saturated rings. The Hall–Kier alpha value is -4.73. The molecule has 9 nitrogen and oxygen atoms in total. The van der Waals surface area contributed by atoms with Gasteiger partial charge in [0.05, 0.1) is 17.1 Å². The van der Waals surface area contributed by atoms with Crippen LogP contribution in [0.3, 0.4) is 0 Å². The summed E-state index contributed by atoms with van der Waals surface area (Å²) < 4.78 is 5.96. The van der Waals surface area contributed by atoms with Gasteiger partial charge in [0, 0.05) is 30.6 Å². The Bertz CT molecular complexity index is 1940. The molecule has 2 amide bonds. The first-order valence-electron chi connectivity index (χ1n) is 16.6. The minimum Gasteiger partial charge on any atom is -0.451 e. The maximum atomic E-state index is 13.6. The van der Waals surface area contributed by atoms with Crippen LogP contribution in [-0.4, -0.2) is 42.3 Å². The molecule has 3 aromatic carbocycles. The van der Waals surface area contributed by atoms with E-state index in [1.165, 1.54) is 22.8 Å². The number of fused-ring (bicyclic) bond motifs is 1. The predicted molar refractivity (Wildman–Crippen MR) is 188 cm³/mol. The molecule has 7 rings (SSSR count). The van der Waals surface area contributed by atoms with Crippen LogP contribution in [0.15, 0.2) is 98.6 Å². The summed E-state index contributed by atoms with van der Waals surface area (Å²) in [6.07, 6.45) is 9.81. The summed E-state index contributed by atoms with van der Waals surface area (Å²) in [4.78, 5) is 45.1. The molecule has 1 aromatic heterocycles. The molecule has 246 valence electrons. The molecule has 1 saturated carbocycles. The number of carbonyl (C=O) groups excluding carboxylic acids is 2. The third-order valence-corrected chi connectivity index (χ3v) is 9.77. The fraction of sp³-hybridized carbons (Fsp3) is 0.316. The first-order chi connectivity index (χ1) is 23.4. The largest absolute Gasteiger partial charge is 0.451 e. The van der Waals surface area contributed by atoms with Crippen molar-refractivity contribution in [3.63, 3.8) is 0 Å². The average molecular weight is 664 g/mol. The number of carbonyl (C=O) groups is 2. The molecular formula is C38H38ClN5O4. The van der Waals surface area contributed by atoms with Crippen LogP contribution in [0.25, 0.3) is 11.0 Å². The average Bonchev–Trinajstić information content (AvgIpc) is 3.79. The number of hydrogen-bond acceptors (Lipinski definition) is 7. The maximum Gasteiger partial charge on any atom is 0.287 e. The van der Waals surface area contributed by atoms with Crippen LogP contribution in [0.5, 0.6) is 0 Å². The number of likely N-dealkylation sites (tertiary alicyclic amines) is 1. The number of nitrogens with zero attached hydrogens (tertiary/aromatic N) is 3. The molecule has 4 aromatic rings. The molecule has 1 atom stereocenters. The molecule has 2 aliphatic heterocycles. The number of allylic oxidation sites excluding steroid dienone is 1. The van der Waals surface area contributed by atoms with Gasteiger partial charge in [-0.05, 0) is 91.5 Å². The van der Waals surface area contributed by atoms with Crippen molar-refractivity contribution >= 4 is 46.4 Å². The Labute approximate surface area is 284 Å². The maximum absolute atomic E-state index is 13.6. The summed E-state index contributed by atoms with van der Waals surface area (Å²) >= 11 is 6.15. The molecule has 1 saturated heterocycles.